The number of aryl methyl sites for hydroxylation is 1. The first-order chi connectivity index (χ1) is 15.5. The Kier molecular flexibility index (Phi) is 4.95. The number of aromatic amines is 1. The molecular weight excluding hydrogens is 448 g/mol. The lowest BCUT2D eigenvalue weighted by atomic mass is 9.91. The molecule has 0 radical (unpaired) electrons. The number of carbonyl (C=O) groups is 2. The standard InChI is InChI=1S/C21H14F4N4O4/c1-10-6-8-11(9-7-10)29-15-14(17(31)27-19(29)33)20(18(32)26-15,21(23,24)25)28-16(30)12-4-2-3-5-13(12)22/h2-9H,1H3,(H,26,32)(H,28,30)(H,27,31,33). The summed E-state index contributed by atoms with van der Waals surface area (Å²) in [5, 5.41) is 3.40. The molecule has 1 unspecified atom stereocenters. The van der Waals surface area contributed by atoms with E-state index in [-0.39, 0.29) is 5.69 Å². The molecule has 1 aliphatic heterocycles. The highest BCUT2D eigenvalue weighted by atomic mass is 19.4. The van der Waals surface area contributed by atoms with Crippen molar-refractivity contribution in [1.82, 2.24) is 14.9 Å². The number of nitrogens with zero attached hydrogens (tertiary/aromatic N) is 1. The van der Waals surface area contributed by atoms with Gasteiger partial charge in [-0.1, -0.05) is 29.8 Å². The molecular formula is C21H14F4N4O4. The van der Waals surface area contributed by atoms with Gasteiger partial charge in [-0.25, -0.2) is 13.8 Å². The minimum atomic E-state index is -5.54. The van der Waals surface area contributed by atoms with Crippen LogP contribution in [0.2, 0.25) is 0 Å². The van der Waals surface area contributed by atoms with E-state index in [1.54, 1.807) is 24.0 Å². The van der Waals surface area contributed by atoms with E-state index in [0.29, 0.717) is 4.57 Å². The molecule has 4 rings (SSSR count). The average molecular weight is 462 g/mol. The lowest BCUT2D eigenvalue weighted by Gasteiger charge is -2.30. The molecule has 3 aromatic rings. The maximum absolute atomic E-state index is 14.4. The van der Waals surface area contributed by atoms with Crippen molar-refractivity contribution in [2.75, 3.05) is 5.32 Å². The second-order valence-electron chi connectivity index (χ2n) is 7.29. The quantitative estimate of drug-likeness (QED) is 0.518. The van der Waals surface area contributed by atoms with Crippen LogP contribution in [0.4, 0.5) is 23.4 Å². The molecule has 2 heterocycles. The Balaban J connectivity index is 1.98. The van der Waals surface area contributed by atoms with Crippen molar-refractivity contribution in [2.45, 2.75) is 18.6 Å². The van der Waals surface area contributed by atoms with Crippen LogP contribution in [0.1, 0.15) is 21.5 Å². The van der Waals surface area contributed by atoms with Gasteiger partial charge in [0.05, 0.1) is 11.3 Å². The van der Waals surface area contributed by atoms with Gasteiger partial charge in [0, 0.05) is 0 Å². The Labute approximate surface area is 181 Å². The second kappa shape index (κ2) is 7.43. The molecule has 0 aliphatic carbocycles. The number of benzene rings is 2. The number of alkyl halides is 3. The Bertz CT molecular complexity index is 1410. The summed E-state index contributed by atoms with van der Waals surface area (Å²) < 4.78 is 57.8. The molecule has 33 heavy (non-hydrogen) atoms. The van der Waals surface area contributed by atoms with E-state index in [1.807, 2.05) is 5.32 Å². The molecule has 2 aromatic carbocycles. The summed E-state index contributed by atoms with van der Waals surface area (Å²) in [5.41, 5.74) is -7.72. The van der Waals surface area contributed by atoms with E-state index in [0.717, 1.165) is 17.7 Å². The van der Waals surface area contributed by atoms with E-state index in [9.17, 15) is 36.7 Å². The number of halogens is 4. The average Bonchev–Trinajstić information content (AvgIpc) is 3.02. The van der Waals surface area contributed by atoms with E-state index in [1.165, 1.54) is 29.6 Å². The number of fused-ring (bicyclic) bond motifs is 1. The van der Waals surface area contributed by atoms with Crippen LogP contribution in [-0.2, 0) is 10.3 Å². The zero-order valence-electron chi connectivity index (χ0n) is 16.7. The van der Waals surface area contributed by atoms with Crippen LogP contribution in [0, 0.1) is 12.7 Å². The predicted molar refractivity (Wildman–Crippen MR) is 108 cm³/mol. The van der Waals surface area contributed by atoms with Crippen molar-refractivity contribution in [3.05, 3.63) is 91.9 Å². The number of aromatic nitrogens is 2. The van der Waals surface area contributed by atoms with Crippen molar-refractivity contribution in [1.29, 1.82) is 0 Å². The van der Waals surface area contributed by atoms with Gasteiger partial charge in [0.15, 0.2) is 0 Å². The molecule has 3 N–H and O–H groups in total. The monoisotopic (exact) mass is 462 g/mol. The summed E-state index contributed by atoms with van der Waals surface area (Å²) in [5.74, 6) is -5.30. The minimum absolute atomic E-state index is 0.0526. The van der Waals surface area contributed by atoms with Crippen LogP contribution < -0.4 is 21.9 Å². The molecule has 0 bridgehead atoms. The van der Waals surface area contributed by atoms with Crippen LogP contribution in [0.25, 0.3) is 5.69 Å². The van der Waals surface area contributed by atoms with Crippen LogP contribution in [-0.4, -0.2) is 27.5 Å². The summed E-state index contributed by atoms with van der Waals surface area (Å²) in [6.07, 6.45) is -5.54. The third-order valence-electron chi connectivity index (χ3n) is 5.20. The van der Waals surface area contributed by atoms with E-state index in [2.05, 4.69) is 0 Å². The Morgan fingerprint density at radius 3 is 2.27 bits per heavy atom. The van der Waals surface area contributed by atoms with Gasteiger partial charge in [0.1, 0.15) is 17.2 Å². The highest BCUT2D eigenvalue weighted by molar-refractivity contribution is 6.09. The molecule has 0 saturated heterocycles. The van der Waals surface area contributed by atoms with Gasteiger partial charge in [-0.15, -0.1) is 0 Å². The summed E-state index contributed by atoms with van der Waals surface area (Å²) >= 11 is 0. The summed E-state index contributed by atoms with van der Waals surface area (Å²) in [4.78, 5) is 52.1. The fraction of sp³-hybridized carbons (Fsp3) is 0.143. The van der Waals surface area contributed by atoms with Crippen molar-refractivity contribution < 1.29 is 27.2 Å². The summed E-state index contributed by atoms with van der Waals surface area (Å²) in [7, 11) is 0. The van der Waals surface area contributed by atoms with Gasteiger partial charge in [-0.2, -0.15) is 13.2 Å². The van der Waals surface area contributed by atoms with Crippen molar-refractivity contribution in [3.8, 4) is 5.69 Å². The van der Waals surface area contributed by atoms with E-state index in [4.69, 9.17) is 0 Å². The van der Waals surface area contributed by atoms with Crippen molar-refractivity contribution >= 4 is 17.6 Å². The number of H-pyrrole nitrogens is 1. The topological polar surface area (TPSA) is 113 Å². The SMILES string of the molecule is Cc1ccc(-n2c3c(c(=O)[nH]c2=O)C(NC(=O)c2ccccc2F)(C(F)(F)F)C(=O)N3)cc1. The zero-order chi connectivity index (χ0) is 24.1. The molecule has 1 atom stereocenters. The predicted octanol–water partition coefficient (Wildman–Crippen LogP) is 2.11. The van der Waals surface area contributed by atoms with Gasteiger partial charge >= 0.3 is 11.9 Å². The van der Waals surface area contributed by atoms with Crippen LogP contribution in [0.15, 0.2) is 58.1 Å². The molecule has 12 heteroatoms. The van der Waals surface area contributed by atoms with Crippen LogP contribution in [0.3, 0.4) is 0 Å². The van der Waals surface area contributed by atoms with Gasteiger partial charge < -0.3 is 10.6 Å². The highest BCUT2D eigenvalue weighted by Gasteiger charge is 2.68. The number of hydrogen-bond donors (Lipinski definition) is 3. The fourth-order valence-electron chi connectivity index (χ4n) is 3.60. The Morgan fingerprint density at radius 2 is 1.67 bits per heavy atom. The summed E-state index contributed by atoms with van der Waals surface area (Å²) in [6.45, 7) is 1.73. The van der Waals surface area contributed by atoms with Gasteiger partial charge in [0.25, 0.3) is 22.9 Å². The van der Waals surface area contributed by atoms with E-state index >= 15 is 0 Å². The molecule has 1 aromatic heterocycles. The molecule has 0 spiro atoms. The first-order valence-electron chi connectivity index (χ1n) is 9.39. The second-order valence-corrected chi connectivity index (χ2v) is 7.29. The normalized spacial score (nSPS) is 17.4. The minimum Gasteiger partial charge on any atom is -0.326 e. The van der Waals surface area contributed by atoms with Crippen LogP contribution >= 0.6 is 0 Å². The maximum atomic E-state index is 14.4. The number of rotatable bonds is 3. The van der Waals surface area contributed by atoms with E-state index < -0.39 is 57.5 Å². The number of nitrogens with one attached hydrogen (secondary N) is 3. The lowest BCUT2D eigenvalue weighted by molar-refractivity contribution is -0.196. The van der Waals surface area contributed by atoms with Gasteiger partial charge in [0.2, 0.25) is 0 Å². The highest BCUT2D eigenvalue weighted by Crippen LogP contribution is 2.45. The van der Waals surface area contributed by atoms with Crippen molar-refractivity contribution in [2.24, 2.45) is 0 Å². The molecule has 0 fully saturated rings. The molecule has 1 aliphatic rings. The molecule has 170 valence electrons. The number of anilines is 1. The fourth-order valence-corrected chi connectivity index (χ4v) is 3.60. The zero-order valence-corrected chi connectivity index (χ0v) is 16.7. The smallest absolute Gasteiger partial charge is 0.326 e. The summed E-state index contributed by atoms with van der Waals surface area (Å²) in [6, 6.07) is 10.1. The third kappa shape index (κ3) is 3.30. The number of carbonyl (C=O) groups excluding carboxylic acids is 2. The Hall–Kier alpha value is -4.22. The first-order valence-corrected chi connectivity index (χ1v) is 9.39. The van der Waals surface area contributed by atoms with Gasteiger partial charge in [-0.3, -0.25) is 19.4 Å². The maximum Gasteiger partial charge on any atom is 0.425 e. The third-order valence-corrected chi connectivity index (χ3v) is 5.20. The molecule has 0 saturated carbocycles. The number of hydrogen-bond acceptors (Lipinski definition) is 4. The Morgan fingerprint density at radius 1 is 1.03 bits per heavy atom. The largest absolute Gasteiger partial charge is 0.425 e. The van der Waals surface area contributed by atoms with Gasteiger partial charge in [-0.05, 0) is 31.2 Å². The first kappa shape index (κ1) is 22.0. The van der Waals surface area contributed by atoms with Crippen LogP contribution in [0.5, 0.6) is 0 Å². The molecule has 2 amide bonds. The lowest BCUT2D eigenvalue weighted by Crippen LogP contribution is -2.62. The molecule has 8 nitrogen and oxygen atoms in total. The van der Waals surface area contributed by atoms with Crippen molar-refractivity contribution in [3.63, 3.8) is 0 Å². The number of amides is 2.